The molecular formula is C24H26N4O3. The molecule has 2 amide bonds. The minimum Gasteiger partial charge on any atom is -0.425 e. The molecule has 31 heavy (non-hydrogen) atoms. The van der Waals surface area contributed by atoms with Crippen molar-refractivity contribution in [1.82, 2.24) is 20.0 Å². The molecule has 0 saturated carbocycles. The molecule has 4 rings (SSSR count). The van der Waals surface area contributed by atoms with Crippen LogP contribution in [0.15, 0.2) is 59.0 Å². The van der Waals surface area contributed by atoms with Gasteiger partial charge in [-0.25, -0.2) is 0 Å². The maximum Gasteiger partial charge on any atom is 0.223 e. The fourth-order valence-corrected chi connectivity index (χ4v) is 3.75. The van der Waals surface area contributed by atoms with Crippen molar-refractivity contribution in [1.29, 1.82) is 0 Å². The van der Waals surface area contributed by atoms with Gasteiger partial charge in [0.15, 0.2) is 0 Å². The third-order valence-corrected chi connectivity index (χ3v) is 5.51. The predicted octanol–water partition coefficient (Wildman–Crippen LogP) is 2.95. The first-order chi connectivity index (χ1) is 15.2. The fraction of sp³-hybridized carbons (Fsp3) is 0.333. The van der Waals surface area contributed by atoms with E-state index in [0.717, 1.165) is 18.4 Å². The van der Waals surface area contributed by atoms with E-state index >= 15 is 0 Å². The molecule has 0 atom stereocenters. The molecule has 7 heteroatoms. The van der Waals surface area contributed by atoms with Gasteiger partial charge in [0.1, 0.15) is 0 Å². The highest BCUT2D eigenvalue weighted by Gasteiger charge is 2.19. The van der Waals surface area contributed by atoms with Gasteiger partial charge in [-0.2, -0.15) is 0 Å². The second-order valence-corrected chi connectivity index (χ2v) is 7.70. The Morgan fingerprint density at radius 3 is 2.42 bits per heavy atom. The third-order valence-electron chi connectivity index (χ3n) is 5.51. The van der Waals surface area contributed by atoms with Crippen LogP contribution in [0.25, 0.3) is 11.1 Å². The second kappa shape index (κ2) is 10.0. The maximum absolute atomic E-state index is 12.5. The van der Waals surface area contributed by atoms with E-state index in [0.29, 0.717) is 57.2 Å². The van der Waals surface area contributed by atoms with Crippen molar-refractivity contribution < 1.29 is 14.0 Å². The van der Waals surface area contributed by atoms with Crippen molar-refractivity contribution in [2.24, 2.45) is 0 Å². The van der Waals surface area contributed by atoms with E-state index in [9.17, 15) is 9.59 Å². The minimum absolute atomic E-state index is 0.0593. The topological polar surface area (TPSA) is 79.5 Å². The van der Waals surface area contributed by atoms with Crippen molar-refractivity contribution in [3.8, 4) is 11.1 Å². The molecule has 0 radical (unpaired) electrons. The number of nitrogens with zero attached hydrogens (tertiary/aromatic N) is 4. The summed E-state index contributed by atoms with van der Waals surface area (Å²) < 4.78 is 5.75. The lowest BCUT2D eigenvalue weighted by Gasteiger charge is -2.20. The lowest BCUT2D eigenvalue weighted by Crippen LogP contribution is -2.35. The molecule has 0 bridgehead atoms. The molecule has 0 N–H and O–H groups in total. The van der Waals surface area contributed by atoms with Crippen LogP contribution in [0.2, 0.25) is 0 Å². The standard InChI is InChI=1S/C24H26N4O3/c29-18-27-13-4-14-28(16-15-27)24(30)12-11-22-25-26-23(31-22)17-19-7-9-21(10-8-19)20-5-2-1-3-6-20/h1-3,5-10,18H,4,11-17H2. The highest BCUT2D eigenvalue weighted by atomic mass is 16.4. The molecule has 1 fully saturated rings. The van der Waals surface area contributed by atoms with Gasteiger partial charge in [-0.3, -0.25) is 9.59 Å². The first-order valence-corrected chi connectivity index (χ1v) is 10.6. The molecule has 1 aliphatic heterocycles. The number of hydrogen-bond donors (Lipinski definition) is 0. The van der Waals surface area contributed by atoms with Crippen LogP contribution in [0.3, 0.4) is 0 Å². The average molecular weight is 418 g/mol. The van der Waals surface area contributed by atoms with E-state index in [1.807, 2.05) is 23.1 Å². The van der Waals surface area contributed by atoms with Gasteiger partial charge < -0.3 is 14.2 Å². The largest absolute Gasteiger partial charge is 0.425 e. The van der Waals surface area contributed by atoms with Crippen LogP contribution in [-0.2, 0) is 22.4 Å². The van der Waals surface area contributed by atoms with E-state index in [2.05, 4.69) is 46.6 Å². The maximum atomic E-state index is 12.5. The van der Waals surface area contributed by atoms with Crippen molar-refractivity contribution in [2.75, 3.05) is 26.2 Å². The number of aromatic nitrogens is 2. The summed E-state index contributed by atoms with van der Waals surface area (Å²) >= 11 is 0. The van der Waals surface area contributed by atoms with Gasteiger partial charge in [-0.15, -0.1) is 10.2 Å². The van der Waals surface area contributed by atoms with E-state index < -0.39 is 0 Å². The van der Waals surface area contributed by atoms with E-state index in [1.54, 1.807) is 4.90 Å². The second-order valence-electron chi connectivity index (χ2n) is 7.70. The normalized spacial score (nSPS) is 14.3. The van der Waals surface area contributed by atoms with Crippen molar-refractivity contribution >= 4 is 12.3 Å². The summed E-state index contributed by atoms with van der Waals surface area (Å²) in [5.74, 6) is 1.09. The molecule has 1 aliphatic rings. The summed E-state index contributed by atoms with van der Waals surface area (Å²) in [4.78, 5) is 26.9. The molecule has 1 saturated heterocycles. The Bertz CT molecular complexity index is 1000. The van der Waals surface area contributed by atoms with Gasteiger partial charge in [-0.05, 0) is 23.1 Å². The first kappa shape index (κ1) is 20.8. The van der Waals surface area contributed by atoms with E-state index in [4.69, 9.17) is 4.42 Å². The van der Waals surface area contributed by atoms with Gasteiger partial charge in [0.25, 0.3) is 0 Å². The number of hydrogen-bond acceptors (Lipinski definition) is 5. The van der Waals surface area contributed by atoms with Crippen LogP contribution in [0, 0.1) is 0 Å². The van der Waals surface area contributed by atoms with Crippen molar-refractivity contribution in [3.63, 3.8) is 0 Å². The monoisotopic (exact) mass is 418 g/mol. The number of carbonyl (C=O) groups is 2. The molecule has 0 aliphatic carbocycles. The number of amides is 2. The van der Waals surface area contributed by atoms with Crippen LogP contribution >= 0.6 is 0 Å². The molecule has 2 heterocycles. The summed E-state index contributed by atoms with van der Waals surface area (Å²) in [6.45, 7) is 2.54. The first-order valence-electron chi connectivity index (χ1n) is 10.6. The van der Waals surface area contributed by atoms with Crippen LogP contribution in [0.4, 0.5) is 0 Å². The molecule has 1 aromatic heterocycles. The number of aryl methyl sites for hydroxylation is 1. The zero-order chi connectivity index (χ0) is 21.5. The Morgan fingerprint density at radius 2 is 1.65 bits per heavy atom. The Kier molecular flexibility index (Phi) is 6.72. The Morgan fingerprint density at radius 1 is 0.903 bits per heavy atom. The zero-order valence-electron chi connectivity index (χ0n) is 17.4. The van der Waals surface area contributed by atoms with Crippen LogP contribution in [0.1, 0.15) is 30.2 Å². The SMILES string of the molecule is O=CN1CCCN(C(=O)CCc2nnc(Cc3ccc(-c4ccccc4)cc3)o2)CC1. The number of benzene rings is 2. The Balaban J connectivity index is 1.28. The molecule has 3 aromatic rings. The summed E-state index contributed by atoms with van der Waals surface area (Å²) in [6.07, 6.45) is 2.96. The Labute approximate surface area is 181 Å². The summed E-state index contributed by atoms with van der Waals surface area (Å²) in [5.41, 5.74) is 3.44. The average Bonchev–Trinajstić information content (AvgIpc) is 3.11. The number of rotatable bonds is 7. The van der Waals surface area contributed by atoms with Gasteiger partial charge in [-0.1, -0.05) is 54.6 Å². The summed E-state index contributed by atoms with van der Waals surface area (Å²) in [6, 6.07) is 18.6. The Hall–Kier alpha value is -3.48. The number of carbonyl (C=O) groups excluding carboxylic acids is 2. The minimum atomic E-state index is 0.0593. The molecule has 2 aromatic carbocycles. The van der Waals surface area contributed by atoms with Crippen LogP contribution < -0.4 is 0 Å². The quantitative estimate of drug-likeness (QED) is 0.551. The van der Waals surface area contributed by atoms with Crippen LogP contribution in [0.5, 0.6) is 0 Å². The summed E-state index contributed by atoms with van der Waals surface area (Å²) in [7, 11) is 0. The molecule has 160 valence electrons. The van der Waals surface area contributed by atoms with Crippen LogP contribution in [-0.4, -0.2) is 58.5 Å². The molecule has 0 spiro atoms. The van der Waals surface area contributed by atoms with Crippen molar-refractivity contribution in [3.05, 3.63) is 71.9 Å². The van der Waals surface area contributed by atoms with Crippen molar-refractivity contribution in [2.45, 2.75) is 25.7 Å². The highest BCUT2D eigenvalue weighted by Crippen LogP contribution is 2.20. The molecular weight excluding hydrogens is 392 g/mol. The lowest BCUT2D eigenvalue weighted by atomic mass is 10.0. The predicted molar refractivity (Wildman–Crippen MR) is 116 cm³/mol. The smallest absolute Gasteiger partial charge is 0.223 e. The zero-order valence-corrected chi connectivity index (χ0v) is 17.4. The highest BCUT2D eigenvalue weighted by molar-refractivity contribution is 5.76. The molecule has 7 nitrogen and oxygen atoms in total. The van der Waals surface area contributed by atoms with Gasteiger partial charge in [0.05, 0.1) is 6.42 Å². The lowest BCUT2D eigenvalue weighted by molar-refractivity contribution is -0.131. The van der Waals surface area contributed by atoms with E-state index in [1.165, 1.54) is 11.1 Å². The summed E-state index contributed by atoms with van der Waals surface area (Å²) in [5, 5.41) is 8.23. The fourth-order valence-electron chi connectivity index (χ4n) is 3.75. The molecule has 0 unspecified atom stereocenters. The van der Waals surface area contributed by atoms with Gasteiger partial charge in [0, 0.05) is 39.0 Å². The van der Waals surface area contributed by atoms with Gasteiger partial charge >= 0.3 is 0 Å². The van der Waals surface area contributed by atoms with Gasteiger partial charge in [0.2, 0.25) is 24.1 Å². The third kappa shape index (κ3) is 5.57. The van der Waals surface area contributed by atoms with E-state index in [-0.39, 0.29) is 5.91 Å².